The summed E-state index contributed by atoms with van der Waals surface area (Å²) in [6, 6.07) is 12.1. The van der Waals surface area contributed by atoms with Gasteiger partial charge >= 0.3 is 12.3 Å². The van der Waals surface area contributed by atoms with Crippen LogP contribution in [0.5, 0.6) is 0 Å². The summed E-state index contributed by atoms with van der Waals surface area (Å²) in [6.07, 6.45) is 0.102. The molecule has 2 aromatic carbocycles. The lowest BCUT2D eigenvalue weighted by Gasteiger charge is -2.44. The summed E-state index contributed by atoms with van der Waals surface area (Å²) in [7, 11) is 0. The van der Waals surface area contributed by atoms with Crippen LogP contribution in [0.4, 0.5) is 13.2 Å². The van der Waals surface area contributed by atoms with Crippen molar-refractivity contribution in [2.45, 2.75) is 84.6 Å². The summed E-state index contributed by atoms with van der Waals surface area (Å²) < 4.78 is 40.2. The number of carbonyl (C=O) groups excluding carboxylic acids is 4. The van der Waals surface area contributed by atoms with Gasteiger partial charge in [-0.15, -0.1) is 0 Å². The topological polar surface area (TPSA) is 83.9 Å². The number of alkyl halides is 3. The summed E-state index contributed by atoms with van der Waals surface area (Å²) in [6.45, 7) is 8.89. The molecule has 0 radical (unpaired) electrons. The number of benzene rings is 2. The average molecular weight is 557 g/mol. The largest absolute Gasteiger partial charge is 0.416 e. The molecule has 1 fully saturated rings. The van der Waals surface area contributed by atoms with Crippen LogP contribution in [0.15, 0.2) is 53.5 Å². The van der Waals surface area contributed by atoms with Crippen molar-refractivity contribution in [2.24, 2.45) is 16.3 Å². The van der Waals surface area contributed by atoms with Crippen molar-refractivity contribution in [3.05, 3.63) is 70.8 Å². The molecule has 2 aromatic rings. The SMILES string of the molecule is CCCC(=O)c1ccc(CN2C(=O)C(c3cccc(C(F)(F)F)c3)=NC23CCC(C(C)(C)C)CC3)cc1.O=C=O. The van der Waals surface area contributed by atoms with Gasteiger partial charge in [-0.1, -0.05) is 64.1 Å². The highest BCUT2D eigenvalue weighted by atomic mass is 19.4. The molecular formula is C31H35F3N2O4. The standard InChI is InChI=1S/C30H35F3N2O2.CO2/c1-5-7-25(36)21-12-10-20(11-13-21)19-35-27(37)26(22-8-6-9-24(18-22)30(31,32)33)34-29(35)16-14-23(15-17-29)28(2,3)4;2-1-3/h6,8-13,18,23H,5,7,14-17,19H2,1-4H3;. The van der Waals surface area contributed by atoms with E-state index in [-0.39, 0.29) is 41.1 Å². The van der Waals surface area contributed by atoms with Gasteiger partial charge in [-0.05, 0) is 61.1 Å². The van der Waals surface area contributed by atoms with E-state index in [1.165, 1.54) is 12.1 Å². The highest BCUT2D eigenvalue weighted by molar-refractivity contribution is 6.46. The van der Waals surface area contributed by atoms with Gasteiger partial charge in [0.05, 0.1) is 5.56 Å². The van der Waals surface area contributed by atoms with Gasteiger partial charge in [-0.2, -0.15) is 22.8 Å². The number of rotatable bonds is 6. The Morgan fingerprint density at radius 3 is 2.17 bits per heavy atom. The molecule has 4 rings (SSSR count). The fourth-order valence-electron chi connectivity index (χ4n) is 5.56. The molecule has 0 aromatic heterocycles. The Kier molecular flexibility index (Phi) is 9.52. The first-order chi connectivity index (χ1) is 18.8. The molecule has 1 amide bonds. The normalized spacial score (nSPS) is 21.0. The van der Waals surface area contributed by atoms with Crippen molar-refractivity contribution in [2.75, 3.05) is 0 Å². The highest BCUT2D eigenvalue weighted by Crippen LogP contribution is 2.47. The number of amides is 1. The number of Topliss-reactive ketones (excluding diaryl/α,β-unsaturated/α-hetero) is 1. The predicted molar refractivity (Wildman–Crippen MR) is 143 cm³/mol. The van der Waals surface area contributed by atoms with Crippen LogP contribution in [0, 0.1) is 11.3 Å². The summed E-state index contributed by atoms with van der Waals surface area (Å²) in [4.78, 5) is 48.9. The van der Waals surface area contributed by atoms with Crippen LogP contribution in [0.2, 0.25) is 0 Å². The molecule has 2 aliphatic rings. The smallest absolute Gasteiger partial charge is 0.308 e. The number of halogens is 3. The van der Waals surface area contributed by atoms with E-state index in [1.54, 1.807) is 17.0 Å². The lowest BCUT2D eigenvalue weighted by atomic mass is 9.69. The number of nitrogens with zero attached hydrogens (tertiary/aromatic N) is 2. The van der Waals surface area contributed by atoms with E-state index >= 15 is 0 Å². The van der Waals surface area contributed by atoms with Crippen LogP contribution in [-0.4, -0.2) is 34.1 Å². The van der Waals surface area contributed by atoms with Crippen LogP contribution in [0.3, 0.4) is 0 Å². The minimum Gasteiger partial charge on any atom is -0.308 e. The summed E-state index contributed by atoms with van der Waals surface area (Å²) in [5.74, 6) is 0.213. The van der Waals surface area contributed by atoms with E-state index in [0.29, 0.717) is 30.7 Å². The molecular weight excluding hydrogens is 521 g/mol. The Morgan fingerprint density at radius 2 is 1.65 bits per heavy atom. The molecule has 1 aliphatic carbocycles. The van der Waals surface area contributed by atoms with E-state index in [1.807, 2.05) is 19.1 Å². The molecule has 0 unspecified atom stereocenters. The number of ketones is 1. The quantitative estimate of drug-likeness (QED) is 0.364. The van der Waals surface area contributed by atoms with Crippen LogP contribution in [0.25, 0.3) is 0 Å². The summed E-state index contributed by atoms with van der Waals surface area (Å²) in [5, 5.41) is 0. The maximum atomic E-state index is 13.7. The van der Waals surface area contributed by atoms with Gasteiger partial charge < -0.3 is 4.90 Å². The van der Waals surface area contributed by atoms with E-state index in [2.05, 4.69) is 20.8 Å². The molecule has 0 bridgehead atoms. The molecule has 0 atom stereocenters. The number of hydrogen-bond donors (Lipinski definition) is 0. The van der Waals surface area contributed by atoms with E-state index in [9.17, 15) is 22.8 Å². The van der Waals surface area contributed by atoms with Crippen LogP contribution in [-0.2, 0) is 27.1 Å². The van der Waals surface area contributed by atoms with Gasteiger partial charge in [0.2, 0.25) is 0 Å². The first kappa shape index (κ1) is 31.0. The molecule has 1 aliphatic heterocycles. The van der Waals surface area contributed by atoms with Gasteiger partial charge in [0.1, 0.15) is 11.4 Å². The third kappa shape index (κ3) is 6.94. The Morgan fingerprint density at radius 1 is 1.05 bits per heavy atom. The van der Waals surface area contributed by atoms with Crippen LogP contribution >= 0.6 is 0 Å². The van der Waals surface area contributed by atoms with Crippen molar-refractivity contribution in [3.63, 3.8) is 0 Å². The average Bonchev–Trinajstić information content (AvgIpc) is 3.15. The highest BCUT2D eigenvalue weighted by Gasteiger charge is 2.50. The van der Waals surface area contributed by atoms with Gasteiger partial charge in [0.25, 0.3) is 5.91 Å². The first-order valence-corrected chi connectivity index (χ1v) is 13.5. The maximum Gasteiger partial charge on any atom is 0.416 e. The molecule has 0 saturated heterocycles. The molecule has 9 heteroatoms. The van der Waals surface area contributed by atoms with Gasteiger partial charge in [-0.25, -0.2) is 0 Å². The summed E-state index contributed by atoms with van der Waals surface area (Å²) >= 11 is 0. The lowest BCUT2D eigenvalue weighted by Crippen LogP contribution is -2.49. The zero-order chi connectivity index (χ0) is 29.7. The number of hydrogen-bond acceptors (Lipinski definition) is 5. The van der Waals surface area contributed by atoms with Crippen molar-refractivity contribution in [1.82, 2.24) is 4.90 Å². The second-order valence-electron chi connectivity index (χ2n) is 11.5. The van der Waals surface area contributed by atoms with Crippen molar-refractivity contribution < 1.29 is 32.3 Å². The molecule has 1 saturated carbocycles. The molecule has 0 N–H and O–H groups in total. The third-order valence-corrected chi connectivity index (χ3v) is 7.84. The first-order valence-electron chi connectivity index (χ1n) is 13.5. The van der Waals surface area contributed by atoms with Crippen molar-refractivity contribution in [3.8, 4) is 0 Å². The van der Waals surface area contributed by atoms with Gasteiger partial charge in [-0.3, -0.25) is 14.6 Å². The van der Waals surface area contributed by atoms with Gasteiger partial charge in [0.15, 0.2) is 5.78 Å². The molecule has 6 nitrogen and oxygen atoms in total. The second-order valence-corrected chi connectivity index (χ2v) is 11.5. The monoisotopic (exact) mass is 556 g/mol. The maximum absolute atomic E-state index is 13.7. The Balaban J connectivity index is 0.00000141. The minimum absolute atomic E-state index is 0.0819. The summed E-state index contributed by atoms with van der Waals surface area (Å²) in [5.41, 5.74) is 0.341. The number of aliphatic imine (C=N–C) groups is 1. The van der Waals surface area contributed by atoms with Gasteiger partial charge in [0, 0.05) is 24.1 Å². The molecule has 1 spiro atoms. The van der Waals surface area contributed by atoms with E-state index in [0.717, 1.165) is 37.0 Å². The number of carbonyl (C=O) groups is 2. The molecule has 214 valence electrons. The predicted octanol–water partition coefficient (Wildman–Crippen LogP) is 6.87. The third-order valence-electron chi connectivity index (χ3n) is 7.84. The lowest BCUT2D eigenvalue weighted by molar-refractivity contribution is -0.191. The molecule has 1 heterocycles. The fraction of sp³-hybridized carbons (Fsp3) is 0.484. The second kappa shape index (κ2) is 12.3. The van der Waals surface area contributed by atoms with Crippen molar-refractivity contribution >= 4 is 23.6 Å². The minimum atomic E-state index is -4.50. The molecule has 40 heavy (non-hydrogen) atoms. The zero-order valence-electron chi connectivity index (χ0n) is 23.3. The van der Waals surface area contributed by atoms with Crippen LogP contribution < -0.4 is 0 Å². The Hall–Kier alpha value is -3.58. The van der Waals surface area contributed by atoms with Crippen molar-refractivity contribution in [1.29, 1.82) is 0 Å². The Bertz CT molecular complexity index is 1280. The zero-order valence-corrected chi connectivity index (χ0v) is 23.3. The van der Waals surface area contributed by atoms with Crippen LogP contribution in [0.1, 0.15) is 93.3 Å². The van der Waals surface area contributed by atoms with E-state index < -0.39 is 17.4 Å². The fourth-order valence-corrected chi connectivity index (χ4v) is 5.56. The Labute approximate surface area is 232 Å². The van der Waals surface area contributed by atoms with E-state index in [4.69, 9.17) is 14.6 Å².